The Morgan fingerprint density at radius 1 is 1.14 bits per heavy atom. The number of nitrogens with one attached hydrogen (secondary N) is 2. The number of aromatic nitrogens is 3. The largest absolute Gasteiger partial charge is 0.394 e. The first kappa shape index (κ1) is 20.2. The lowest BCUT2D eigenvalue weighted by Crippen LogP contribution is -2.22. The van der Waals surface area contributed by atoms with Gasteiger partial charge in [-0.3, -0.25) is 14.3 Å². The molecule has 0 saturated carbocycles. The van der Waals surface area contributed by atoms with Gasteiger partial charge in [0.2, 0.25) is 0 Å². The third-order valence-corrected chi connectivity index (χ3v) is 4.52. The number of aliphatic hydroxyl groups is 1. The normalized spacial score (nSPS) is 11.7. The average Bonchev–Trinajstić information content (AvgIpc) is 3.20. The van der Waals surface area contributed by atoms with E-state index in [0.717, 1.165) is 5.56 Å². The van der Waals surface area contributed by atoms with Gasteiger partial charge in [0, 0.05) is 36.5 Å². The highest BCUT2D eigenvalue weighted by Gasteiger charge is 2.18. The van der Waals surface area contributed by atoms with Gasteiger partial charge in [-0.15, -0.1) is 0 Å². The molecule has 8 nitrogen and oxygen atoms in total. The molecule has 0 bridgehead atoms. The monoisotopic (exact) mass is 393 g/mol. The Kier molecular flexibility index (Phi) is 6.36. The summed E-state index contributed by atoms with van der Waals surface area (Å²) in [6.07, 6.45) is 1.66. The third kappa shape index (κ3) is 4.85. The average molecular weight is 393 g/mol. The minimum atomic E-state index is -0.395. The maximum absolute atomic E-state index is 12.8. The lowest BCUT2D eigenvalue weighted by Gasteiger charge is -2.14. The lowest BCUT2D eigenvalue weighted by atomic mass is 9.96. The van der Waals surface area contributed by atoms with Crippen LogP contribution in [-0.2, 0) is 6.54 Å². The van der Waals surface area contributed by atoms with E-state index in [9.17, 15) is 9.59 Å². The van der Waals surface area contributed by atoms with Gasteiger partial charge in [-0.25, -0.2) is 4.98 Å². The van der Waals surface area contributed by atoms with Gasteiger partial charge in [-0.1, -0.05) is 37.3 Å². The molecule has 2 amide bonds. The molecule has 150 valence electrons. The summed E-state index contributed by atoms with van der Waals surface area (Å²) in [6, 6.07) is 14.5. The quantitative estimate of drug-likeness (QED) is 0.569. The number of hydrogen-bond acceptors (Lipinski definition) is 5. The summed E-state index contributed by atoms with van der Waals surface area (Å²) in [6.45, 7) is 2.27. The van der Waals surface area contributed by atoms with E-state index in [4.69, 9.17) is 5.11 Å². The molecule has 0 unspecified atom stereocenters. The van der Waals surface area contributed by atoms with Crippen molar-refractivity contribution in [3.63, 3.8) is 0 Å². The van der Waals surface area contributed by atoms with Crippen LogP contribution in [0.2, 0.25) is 0 Å². The highest BCUT2D eigenvalue weighted by Crippen LogP contribution is 2.24. The Morgan fingerprint density at radius 2 is 1.90 bits per heavy atom. The molecule has 1 aromatic carbocycles. The second-order valence-electron chi connectivity index (χ2n) is 6.52. The van der Waals surface area contributed by atoms with Gasteiger partial charge in [0.1, 0.15) is 5.69 Å². The number of amides is 2. The molecule has 0 aliphatic carbocycles. The number of pyridine rings is 1. The highest BCUT2D eigenvalue weighted by molar-refractivity contribution is 6.05. The number of carbonyl (C=O) groups excluding carboxylic acids is 2. The van der Waals surface area contributed by atoms with Crippen LogP contribution in [0.1, 0.15) is 44.9 Å². The summed E-state index contributed by atoms with van der Waals surface area (Å²) in [4.78, 5) is 29.4. The minimum Gasteiger partial charge on any atom is -0.394 e. The zero-order valence-corrected chi connectivity index (χ0v) is 16.3. The van der Waals surface area contributed by atoms with E-state index in [2.05, 4.69) is 20.7 Å². The van der Waals surface area contributed by atoms with Crippen molar-refractivity contribution < 1.29 is 14.7 Å². The zero-order chi connectivity index (χ0) is 20.8. The molecule has 0 spiro atoms. The van der Waals surface area contributed by atoms with Gasteiger partial charge in [0.05, 0.1) is 13.2 Å². The summed E-state index contributed by atoms with van der Waals surface area (Å²) in [7, 11) is 1.52. The Labute approximate surface area is 168 Å². The number of rotatable bonds is 7. The Balaban J connectivity index is 1.92. The molecule has 29 heavy (non-hydrogen) atoms. The molecule has 0 aliphatic rings. The molecule has 2 heterocycles. The number of nitrogens with zero attached hydrogens (tertiary/aromatic N) is 3. The van der Waals surface area contributed by atoms with Crippen LogP contribution < -0.4 is 10.6 Å². The lowest BCUT2D eigenvalue weighted by molar-refractivity contribution is 0.0958. The molecule has 0 saturated heterocycles. The van der Waals surface area contributed by atoms with E-state index in [0.29, 0.717) is 23.6 Å². The van der Waals surface area contributed by atoms with Crippen LogP contribution >= 0.6 is 0 Å². The van der Waals surface area contributed by atoms with Crippen LogP contribution in [0.4, 0.5) is 5.82 Å². The molecular formula is C21H23N5O3. The Hall–Kier alpha value is -3.52. The fourth-order valence-corrected chi connectivity index (χ4v) is 2.91. The smallest absolute Gasteiger partial charge is 0.269 e. The van der Waals surface area contributed by atoms with Gasteiger partial charge in [-0.2, -0.15) is 5.10 Å². The fourth-order valence-electron chi connectivity index (χ4n) is 2.91. The summed E-state index contributed by atoms with van der Waals surface area (Å²) < 4.78 is 1.53. The predicted molar refractivity (Wildman–Crippen MR) is 109 cm³/mol. The van der Waals surface area contributed by atoms with E-state index in [1.54, 1.807) is 18.3 Å². The van der Waals surface area contributed by atoms with Crippen LogP contribution in [0.3, 0.4) is 0 Å². The number of aliphatic hydroxyl groups excluding tert-OH is 1. The molecule has 3 aromatic rings. The third-order valence-electron chi connectivity index (χ3n) is 4.52. The van der Waals surface area contributed by atoms with E-state index in [1.807, 2.05) is 37.3 Å². The van der Waals surface area contributed by atoms with Gasteiger partial charge < -0.3 is 15.7 Å². The number of hydrogen-bond donors (Lipinski definition) is 3. The van der Waals surface area contributed by atoms with E-state index in [1.165, 1.54) is 17.8 Å². The zero-order valence-electron chi connectivity index (χ0n) is 16.3. The van der Waals surface area contributed by atoms with E-state index >= 15 is 0 Å². The van der Waals surface area contributed by atoms with Gasteiger partial charge >= 0.3 is 0 Å². The van der Waals surface area contributed by atoms with Crippen LogP contribution in [0, 0.1) is 0 Å². The first-order valence-corrected chi connectivity index (χ1v) is 9.26. The van der Waals surface area contributed by atoms with Crippen molar-refractivity contribution in [1.82, 2.24) is 20.1 Å². The fraction of sp³-hybridized carbons (Fsp3) is 0.238. The number of carbonyl (C=O) groups is 2. The van der Waals surface area contributed by atoms with Crippen molar-refractivity contribution in [2.75, 3.05) is 19.0 Å². The summed E-state index contributed by atoms with van der Waals surface area (Å²) >= 11 is 0. The molecule has 2 aromatic heterocycles. The molecule has 0 aliphatic heterocycles. The molecule has 3 rings (SSSR count). The molecule has 1 atom stereocenters. The highest BCUT2D eigenvalue weighted by atomic mass is 16.3. The first-order chi connectivity index (χ1) is 14.0. The molecular weight excluding hydrogens is 370 g/mol. The van der Waals surface area contributed by atoms with Crippen LogP contribution in [0.5, 0.6) is 0 Å². The van der Waals surface area contributed by atoms with Gasteiger partial charge in [0.15, 0.2) is 5.82 Å². The van der Waals surface area contributed by atoms with Crippen LogP contribution in [0.25, 0.3) is 0 Å². The maximum atomic E-state index is 12.8. The van der Waals surface area contributed by atoms with Crippen molar-refractivity contribution in [3.8, 4) is 0 Å². The van der Waals surface area contributed by atoms with Crippen molar-refractivity contribution in [3.05, 3.63) is 77.2 Å². The topological polar surface area (TPSA) is 109 Å². The Bertz CT molecular complexity index is 1000. The second-order valence-corrected chi connectivity index (χ2v) is 6.52. The van der Waals surface area contributed by atoms with Crippen LogP contribution in [0.15, 0.2) is 54.7 Å². The van der Waals surface area contributed by atoms with Gasteiger partial charge in [-0.05, 0) is 17.7 Å². The molecule has 0 radical (unpaired) electrons. The first-order valence-electron chi connectivity index (χ1n) is 9.26. The predicted octanol–water partition coefficient (Wildman–Crippen LogP) is 2.03. The molecule has 0 fully saturated rings. The molecule has 8 heteroatoms. The van der Waals surface area contributed by atoms with Crippen molar-refractivity contribution >= 4 is 17.6 Å². The maximum Gasteiger partial charge on any atom is 0.269 e. The number of benzene rings is 1. The van der Waals surface area contributed by atoms with E-state index in [-0.39, 0.29) is 24.1 Å². The van der Waals surface area contributed by atoms with E-state index < -0.39 is 5.91 Å². The van der Waals surface area contributed by atoms with Crippen LogP contribution in [-0.4, -0.2) is 45.3 Å². The number of anilines is 1. The summed E-state index contributed by atoms with van der Waals surface area (Å²) in [5, 5.41) is 18.4. The standard InChI is InChI=1S/C21H23N5O3/c1-14(15-6-4-3-5-7-15)17-12-16(13-18(23-17)21(29)22-2)20(28)24-19-8-9-26(25-19)10-11-27/h3-9,12-14,27H,10-11H2,1-2H3,(H,22,29)(H,24,25,28)/t14-/m0/s1. The van der Waals surface area contributed by atoms with Crippen molar-refractivity contribution in [2.45, 2.75) is 19.4 Å². The summed E-state index contributed by atoms with van der Waals surface area (Å²) in [5.41, 5.74) is 2.13. The van der Waals surface area contributed by atoms with Crippen molar-refractivity contribution in [1.29, 1.82) is 0 Å². The second kappa shape index (κ2) is 9.11. The molecule has 3 N–H and O–H groups in total. The Morgan fingerprint density at radius 3 is 2.59 bits per heavy atom. The van der Waals surface area contributed by atoms with Crippen molar-refractivity contribution in [2.24, 2.45) is 0 Å². The van der Waals surface area contributed by atoms with Gasteiger partial charge in [0.25, 0.3) is 11.8 Å². The minimum absolute atomic E-state index is 0.0460. The SMILES string of the molecule is CNC(=O)c1cc(C(=O)Nc2ccn(CCO)n2)cc([C@@H](C)c2ccccc2)n1. The summed E-state index contributed by atoms with van der Waals surface area (Å²) in [5.74, 6) is -0.503.